The summed E-state index contributed by atoms with van der Waals surface area (Å²) in [6.45, 7) is 0. The third kappa shape index (κ3) is 5.21. The molecule has 0 aliphatic rings. The van der Waals surface area contributed by atoms with E-state index in [4.69, 9.17) is 11.6 Å². The fourth-order valence-electron chi connectivity index (χ4n) is 0.367. The predicted molar refractivity (Wildman–Crippen MR) is 36.0 cm³/mol. The molecule has 44 valence electrons. The van der Waals surface area contributed by atoms with E-state index in [1.54, 1.807) is 24.3 Å². The number of hydrogen-bond donors (Lipinski definition) is 0. The van der Waals surface area contributed by atoms with E-state index in [1.165, 1.54) is 0 Å². The van der Waals surface area contributed by atoms with Gasteiger partial charge in [-0.1, -0.05) is 5.02 Å². The second-order valence-corrected chi connectivity index (χ2v) is 1.65. The molecule has 1 aromatic rings. The first-order valence-electron chi connectivity index (χ1n) is 2.01. The SMILES string of the molecule is Clc1cc[c-]cc1.[Br-].[Mg+2]. The molecule has 0 nitrogen and oxygen atoms in total. The summed E-state index contributed by atoms with van der Waals surface area (Å²) >= 11 is 5.52. The van der Waals surface area contributed by atoms with Crippen LogP contribution >= 0.6 is 11.6 Å². The van der Waals surface area contributed by atoms with Crippen LogP contribution in [0.5, 0.6) is 0 Å². The summed E-state index contributed by atoms with van der Waals surface area (Å²) in [5.41, 5.74) is 0. The van der Waals surface area contributed by atoms with Crippen LogP contribution < -0.4 is 17.0 Å². The number of halogens is 2. The molecule has 0 aliphatic heterocycles. The van der Waals surface area contributed by atoms with Gasteiger partial charge in [-0.05, 0) is 0 Å². The topological polar surface area (TPSA) is 0 Å². The van der Waals surface area contributed by atoms with Crippen LogP contribution in [0.4, 0.5) is 0 Å². The van der Waals surface area contributed by atoms with Gasteiger partial charge in [0.25, 0.3) is 0 Å². The Morgan fingerprint density at radius 1 is 1.22 bits per heavy atom. The Morgan fingerprint density at radius 3 is 1.89 bits per heavy atom. The summed E-state index contributed by atoms with van der Waals surface area (Å²) in [6.07, 6.45) is 0. The van der Waals surface area contributed by atoms with Crippen molar-refractivity contribution in [2.45, 2.75) is 0 Å². The van der Waals surface area contributed by atoms with Crippen LogP contribution in [-0.2, 0) is 0 Å². The third-order valence-electron chi connectivity index (χ3n) is 0.678. The van der Waals surface area contributed by atoms with Crippen molar-refractivity contribution in [3.05, 3.63) is 35.4 Å². The van der Waals surface area contributed by atoms with Gasteiger partial charge in [0.15, 0.2) is 0 Å². The summed E-state index contributed by atoms with van der Waals surface area (Å²) < 4.78 is 0. The molecule has 0 aromatic heterocycles. The number of rotatable bonds is 0. The molecular formula is C6H4BrClMg. The van der Waals surface area contributed by atoms with E-state index in [0.29, 0.717) is 0 Å². The number of hydrogen-bond acceptors (Lipinski definition) is 0. The van der Waals surface area contributed by atoms with E-state index in [9.17, 15) is 0 Å². The zero-order valence-electron chi connectivity index (χ0n) is 4.77. The molecule has 0 heterocycles. The van der Waals surface area contributed by atoms with E-state index in [0.717, 1.165) is 5.02 Å². The molecule has 0 bridgehead atoms. The van der Waals surface area contributed by atoms with Gasteiger partial charge < -0.3 is 17.0 Å². The summed E-state index contributed by atoms with van der Waals surface area (Å²) in [7, 11) is 0. The zero-order valence-corrected chi connectivity index (χ0v) is 8.53. The normalized spacial score (nSPS) is 6.78. The molecule has 0 unspecified atom stereocenters. The first-order chi connectivity index (χ1) is 3.39. The minimum Gasteiger partial charge on any atom is -1.00 e. The maximum absolute atomic E-state index is 5.52. The zero-order chi connectivity index (χ0) is 5.11. The smallest absolute Gasteiger partial charge is 1.00 e. The molecule has 0 aliphatic carbocycles. The Hall–Kier alpha value is 0.756. The molecule has 1 aromatic carbocycles. The maximum atomic E-state index is 5.52. The van der Waals surface area contributed by atoms with Crippen LogP contribution in [0, 0.1) is 6.07 Å². The van der Waals surface area contributed by atoms with Gasteiger partial charge in [0.05, 0.1) is 0 Å². The summed E-state index contributed by atoms with van der Waals surface area (Å²) in [5, 5.41) is 0.763. The van der Waals surface area contributed by atoms with Crippen LogP contribution in [0.1, 0.15) is 0 Å². The van der Waals surface area contributed by atoms with Gasteiger partial charge in [0.2, 0.25) is 0 Å². The second-order valence-electron chi connectivity index (χ2n) is 1.22. The van der Waals surface area contributed by atoms with Gasteiger partial charge in [-0.15, -0.1) is 11.6 Å². The average molecular weight is 216 g/mol. The summed E-state index contributed by atoms with van der Waals surface area (Å²) in [6, 6.07) is 10.00. The average Bonchev–Trinajstić information content (AvgIpc) is 1.69. The largest absolute Gasteiger partial charge is 2.00 e. The molecule has 0 spiro atoms. The Bertz CT molecular complexity index is 143. The molecule has 0 N–H and O–H groups in total. The predicted octanol–water partition coefficient (Wildman–Crippen LogP) is -1.24. The van der Waals surface area contributed by atoms with Crippen LogP contribution in [0.2, 0.25) is 5.02 Å². The molecular weight excluding hydrogens is 212 g/mol. The van der Waals surface area contributed by atoms with Gasteiger partial charge in [0, 0.05) is 0 Å². The van der Waals surface area contributed by atoms with Gasteiger partial charge in [-0.2, -0.15) is 30.3 Å². The molecule has 1 rings (SSSR count). The monoisotopic (exact) mass is 214 g/mol. The minimum absolute atomic E-state index is 0. The molecule has 0 saturated heterocycles. The fraction of sp³-hybridized carbons (Fsp3) is 0. The van der Waals surface area contributed by atoms with Crippen LogP contribution in [0.25, 0.3) is 0 Å². The van der Waals surface area contributed by atoms with E-state index < -0.39 is 0 Å². The third-order valence-corrected chi connectivity index (χ3v) is 0.930. The van der Waals surface area contributed by atoms with Crippen molar-refractivity contribution in [2.24, 2.45) is 0 Å². The van der Waals surface area contributed by atoms with Crippen LogP contribution in [0.15, 0.2) is 24.3 Å². The van der Waals surface area contributed by atoms with Gasteiger partial charge >= 0.3 is 23.1 Å². The Labute approximate surface area is 86.5 Å². The second kappa shape index (κ2) is 6.87. The quantitative estimate of drug-likeness (QED) is 0.376. The minimum atomic E-state index is 0. The van der Waals surface area contributed by atoms with Crippen LogP contribution in [-0.4, -0.2) is 23.1 Å². The number of benzene rings is 1. The van der Waals surface area contributed by atoms with Crippen molar-refractivity contribution in [1.82, 2.24) is 0 Å². The standard InChI is InChI=1S/C6H4Cl.BrH.Mg/c7-6-4-2-1-3-5-6;;/h2-5H;1H;/q-1;;+2/p-1. The first kappa shape index (κ1) is 12.4. The van der Waals surface area contributed by atoms with Gasteiger partial charge in [0.1, 0.15) is 0 Å². The Morgan fingerprint density at radius 2 is 1.67 bits per heavy atom. The van der Waals surface area contributed by atoms with Gasteiger partial charge in [-0.25, -0.2) is 0 Å². The molecule has 3 heteroatoms. The molecule has 9 heavy (non-hydrogen) atoms. The van der Waals surface area contributed by atoms with Crippen LogP contribution in [0.3, 0.4) is 0 Å². The fourth-order valence-corrected chi connectivity index (χ4v) is 0.493. The van der Waals surface area contributed by atoms with E-state index >= 15 is 0 Å². The van der Waals surface area contributed by atoms with E-state index in [-0.39, 0.29) is 40.0 Å². The Kier molecular flexibility index (Phi) is 9.49. The Balaban J connectivity index is 0. The summed E-state index contributed by atoms with van der Waals surface area (Å²) in [5.74, 6) is 0. The molecule has 0 fully saturated rings. The van der Waals surface area contributed by atoms with Crippen molar-refractivity contribution in [3.8, 4) is 0 Å². The van der Waals surface area contributed by atoms with Crippen molar-refractivity contribution >= 4 is 34.7 Å². The van der Waals surface area contributed by atoms with E-state index in [1.807, 2.05) is 0 Å². The first-order valence-corrected chi connectivity index (χ1v) is 2.39. The maximum Gasteiger partial charge on any atom is 2.00 e. The van der Waals surface area contributed by atoms with Crippen molar-refractivity contribution < 1.29 is 17.0 Å². The summed E-state index contributed by atoms with van der Waals surface area (Å²) in [4.78, 5) is 0. The molecule has 0 atom stereocenters. The molecule has 0 amide bonds. The molecule has 0 radical (unpaired) electrons. The van der Waals surface area contributed by atoms with Crippen molar-refractivity contribution in [2.75, 3.05) is 0 Å². The van der Waals surface area contributed by atoms with E-state index in [2.05, 4.69) is 6.07 Å². The van der Waals surface area contributed by atoms with Gasteiger partial charge in [-0.3, -0.25) is 0 Å². The molecule has 0 saturated carbocycles. The van der Waals surface area contributed by atoms with Crippen molar-refractivity contribution in [1.29, 1.82) is 0 Å². The van der Waals surface area contributed by atoms with Crippen molar-refractivity contribution in [3.63, 3.8) is 0 Å².